The number of furan rings is 1. The molecule has 1 amide bonds. The molecule has 0 unspecified atom stereocenters. The Labute approximate surface area is 150 Å². The first-order chi connectivity index (χ1) is 12.6. The molecule has 1 aromatic carbocycles. The highest BCUT2D eigenvalue weighted by Gasteiger charge is 2.13. The van der Waals surface area contributed by atoms with Crippen molar-refractivity contribution in [2.75, 3.05) is 18.0 Å². The number of piperidine rings is 1. The predicted octanol–water partition coefficient (Wildman–Crippen LogP) is 2.87. The number of hydrogen-bond donors (Lipinski definition) is 1. The van der Waals surface area contributed by atoms with E-state index in [1.165, 1.54) is 37.6 Å². The summed E-state index contributed by atoms with van der Waals surface area (Å²) in [6, 6.07) is 9.58. The Balaban J connectivity index is 1.49. The topological polar surface area (TPSA) is 101 Å². The summed E-state index contributed by atoms with van der Waals surface area (Å²) in [6.45, 7) is 1.99. The summed E-state index contributed by atoms with van der Waals surface area (Å²) in [5.41, 5.74) is 3.10. The van der Waals surface area contributed by atoms with Crippen LogP contribution in [-0.2, 0) is 11.2 Å². The average Bonchev–Trinajstić information content (AvgIpc) is 3.12. The van der Waals surface area contributed by atoms with Crippen molar-refractivity contribution in [1.29, 1.82) is 0 Å². The Morgan fingerprint density at radius 2 is 1.92 bits per heavy atom. The van der Waals surface area contributed by atoms with Gasteiger partial charge in [0.1, 0.15) is 5.76 Å². The van der Waals surface area contributed by atoms with Gasteiger partial charge in [0.15, 0.2) is 5.88 Å². The molecule has 1 aliphatic heterocycles. The van der Waals surface area contributed by atoms with Crippen molar-refractivity contribution in [3.63, 3.8) is 0 Å². The summed E-state index contributed by atoms with van der Waals surface area (Å²) in [6.07, 6.45) is 5.14. The first kappa shape index (κ1) is 17.7. The number of amides is 1. The van der Waals surface area contributed by atoms with E-state index in [1.807, 2.05) is 12.1 Å². The second-order valence-electron chi connectivity index (χ2n) is 6.12. The second-order valence-corrected chi connectivity index (χ2v) is 6.12. The van der Waals surface area contributed by atoms with Crippen molar-refractivity contribution < 1.29 is 14.1 Å². The van der Waals surface area contributed by atoms with E-state index in [0.29, 0.717) is 11.3 Å². The van der Waals surface area contributed by atoms with Gasteiger partial charge in [0.2, 0.25) is 5.91 Å². The minimum absolute atomic E-state index is 0.00509. The fraction of sp³-hybridized carbons (Fsp3) is 0.333. The van der Waals surface area contributed by atoms with Crippen molar-refractivity contribution in [2.24, 2.45) is 5.10 Å². The molecule has 0 radical (unpaired) electrons. The normalized spacial score (nSPS) is 14.5. The largest absolute Gasteiger partial charge is 0.440 e. The summed E-state index contributed by atoms with van der Waals surface area (Å²) < 4.78 is 5.72. The number of carbonyl (C=O) groups is 1. The molecule has 0 saturated carbocycles. The number of nitro groups is 1. The Kier molecular flexibility index (Phi) is 5.62. The Morgan fingerprint density at radius 1 is 1.19 bits per heavy atom. The SMILES string of the molecule is O=C(Cc1ccc([N+](=O)[O-])cc1)NN=Cc1ccc(N2CCCCC2)o1. The van der Waals surface area contributed by atoms with E-state index in [2.05, 4.69) is 15.4 Å². The summed E-state index contributed by atoms with van der Waals surface area (Å²) in [7, 11) is 0. The maximum Gasteiger partial charge on any atom is 0.269 e. The van der Waals surface area contributed by atoms with Crippen molar-refractivity contribution in [3.05, 3.63) is 57.8 Å². The summed E-state index contributed by atoms with van der Waals surface area (Å²) >= 11 is 0. The van der Waals surface area contributed by atoms with E-state index >= 15 is 0 Å². The van der Waals surface area contributed by atoms with Crippen molar-refractivity contribution in [1.82, 2.24) is 5.43 Å². The van der Waals surface area contributed by atoms with Gasteiger partial charge in [-0.3, -0.25) is 14.9 Å². The molecule has 0 atom stereocenters. The molecule has 26 heavy (non-hydrogen) atoms. The second kappa shape index (κ2) is 8.28. The number of nitro benzene ring substituents is 1. The third-order valence-corrected chi connectivity index (χ3v) is 4.17. The Hall–Kier alpha value is -3.16. The number of nitrogens with zero attached hydrogens (tertiary/aromatic N) is 3. The highest BCUT2D eigenvalue weighted by molar-refractivity contribution is 5.82. The van der Waals surface area contributed by atoms with Crippen LogP contribution in [0.4, 0.5) is 11.6 Å². The molecule has 1 aromatic heterocycles. The lowest BCUT2D eigenvalue weighted by atomic mass is 10.1. The molecule has 2 aromatic rings. The Bertz CT molecular complexity index is 792. The molecule has 0 spiro atoms. The van der Waals surface area contributed by atoms with Crippen LogP contribution in [0.1, 0.15) is 30.6 Å². The van der Waals surface area contributed by atoms with E-state index in [9.17, 15) is 14.9 Å². The zero-order valence-corrected chi connectivity index (χ0v) is 14.3. The number of anilines is 1. The van der Waals surface area contributed by atoms with Crippen LogP contribution >= 0.6 is 0 Å². The van der Waals surface area contributed by atoms with E-state index in [1.54, 1.807) is 12.1 Å². The zero-order chi connectivity index (χ0) is 18.4. The standard InChI is InChI=1S/C18H20N4O4/c23-17(12-14-4-6-15(7-5-14)22(24)25)20-19-13-16-8-9-18(26-16)21-10-2-1-3-11-21/h4-9,13H,1-3,10-12H2,(H,20,23). The minimum atomic E-state index is -0.477. The molecule has 1 aliphatic rings. The van der Waals surface area contributed by atoms with Crippen molar-refractivity contribution in [3.8, 4) is 0 Å². The van der Waals surface area contributed by atoms with Gasteiger partial charge in [0, 0.05) is 31.3 Å². The van der Waals surface area contributed by atoms with Gasteiger partial charge in [-0.2, -0.15) is 5.10 Å². The first-order valence-corrected chi connectivity index (χ1v) is 8.52. The highest BCUT2D eigenvalue weighted by Crippen LogP contribution is 2.21. The van der Waals surface area contributed by atoms with Crippen molar-refractivity contribution >= 4 is 23.7 Å². The average molecular weight is 356 g/mol. The maximum absolute atomic E-state index is 11.9. The monoisotopic (exact) mass is 356 g/mol. The first-order valence-electron chi connectivity index (χ1n) is 8.52. The smallest absolute Gasteiger partial charge is 0.269 e. The lowest BCUT2D eigenvalue weighted by Crippen LogP contribution is -2.28. The van der Waals surface area contributed by atoms with E-state index in [0.717, 1.165) is 19.0 Å². The molecule has 1 saturated heterocycles. The molecule has 8 nitrogen and oxygen atoms in total. The summed E-state index contributed by atoms with van der Waals surface area (Å²) in [5, 5.41) is 14.5. The van der Waals surface area contributed by atoms with Crippen LogP contribution in [0.25, 0.3) is 0 Å². The number of hydrogen-bond acceptors (Lipinski definition) is 6. The molecule has 0 aliphatic carbocycles. The van der Waals surface area contributed by atoms with Gasteiger partial charge in [-0.15, -0.1) is 0 Å². The van der Waals surface area contributed by atoms with E-state index < -0.39 is 4.92 Å². The summed E-state index contributed by atoms with van der Waals surface area (Å²) in [5.74, 6) is 1.09. The zero-order valence-electron chi connectivity index (χ0n) is 14.3. The third kappa shape index (κ3) is 4.69. The molecular weight excluding hydrogens is 336 g/mol. The van der Waals surface area contributed by atoms with Crippen LogP contribution in [0.5, 0.6) is 0 Å². The molecular formula is C18H20N4O4. The number of carbonyl (C=O) groups excluding carboxylic acids is 1. The predicted molar refractivity (Wildman–Crippen MR) is 97.3 cm³/mol. The number of benzene rings is 1. The van der Waals surface area contributed by atoms with Gasteiger partial charge < -0.3 is 9.32 Å². The van der Waals surface area contributed by atoms with Crippen LogP contribution in [0.15, 0.2) is 45.9 Å². The van der Waals surface area contributed by atoms with Gasteiger partial charge in [-0.05, 0) is 30.9 Å². The minimum Gasteiger partial charge on any atom is -0.440 e. The van der Waals surface area contributed by atoms with Crippen LogP contribution in [-0.4, -0.2) is 30.1 Å². The fourth-order valence-corrected chi connectivity index (χ4v) is 2.82. The number of rotatable bonds is 6. The van der Waals surface area contributed by atoms with Crippen LogP contribution in [0.3, 0.4) is 0 Å². The quantitative estimate of drug-likeness (QED) is 0.487. The molecule has 136 valence electrons. The number of nitrogens with one attached hydrogen (secondary N) is 1. The lowest BCUT2D eigenvalue weighted by Gasteiger charge is -2.25. The molecule has 1 N–H and O–H groups in total. The van der Waals surface area contributed by atoms with Crippen LogP contribution in [0, 0.1) is 10.1 Å². The maximum atomic E-state index is 11.9. The van der Waals surface area contributed by atoms with Gasteiger partial charge in [-0.25, -0.2) is 5.43 Å². The highest BCUT2D eigenvalue weighted by atomic mass is 16.6. The van der Waals surface area contributed by atoms with Crippen LogP contribution < -0.4 is 10.3 Å². The molecule has 2 heterocycles. The van der Waals surface area contributed by atoms with Gasteiger partial charge in [0.25, 0.3) is 5.69 Å². The molecule has 3 rings (SSSR count). The number of hydrazone groups is 1. The van der Waals surface area contributed by atoms with Gasteiger partial charge in [-0.1, -0.05) is 12.1 Å². The van der Waals surface area contributed by atoms with Gasteiger partial charge in [0.05, 0.1) is 17.6 Å². The van der Waals surface area contributed by atoms with Crippen molar-refractivity contribution in [2.45, 2.75) is 25.7 Å². The number of non-ortho nitro benzene ring substituents is 1. The van der Waals surface area contributed by atoms with E-state index in [-0.39, 0.29) is 18.0 Å². The lowest BCUT2D eigenvalue weighted by molar-refractivity contribution is -0.384. The third-order valence-electron chi connectivity index (χ3n) is 4.17. The van der Waals surface area contributed by atoms with Crippen LogP contribution in [0.2, 0.25) is 0 Å². The summed E-state index contributed by atoms with van der Waals surface area (Å²) in [4.78, 5) is 24.2. The van der Waals surface area contributed by atoms with E-state index in [4.69, 9.17) is 4.42 Å². The Morgan fingerprint density at radius 3 is 2.62 bits per heavy atom. The fourth-order valence-electron chi connectivity index (χ4n) is 2.82. The molecule has 1 fully saturated rings. The van der Waals surface area contributed by atoms with Gasteiger partial charge >= 0.3 is 0 Å². The molecule has 8 heteroatoms. The molecule has 0 bridgehead atoms.